The Morgan fingerprint density at radius 1 is 1.35 bits per heavy atom. The molecule has 0 aliphatic carbocycles. The Labute approximate surface area is 112 Å². The summed E-state index contributed by atoms with van der Waals surface area (Å²) >= 11 is 3.26. The Balaban J connectivity index is 2.36. The van der Waals surface area contributed by atoms with Gasteiger partial charge in [-0.15, -0.1) is 0 Å². The standard InChI is InChI=1S/C14H20BrNO/c1-11(2)8-16-9-13-4-6-14(7-5-13)17-10-12(3)15/h4-7,11,16H,3,8-10H2,1-2H3. The highest BCUT2D eigenvalue weighted by atomic mass is 79.9. The average molecular weight is 298 g/mol. The summed E-state index contributed by atoms with van der Waals surface area (Å²) in [4.78, 5) is 0. The zero-order chi connectivity index (χ0) is 12.7. The second-order valence-corrected chi connectivity index (χ2v) is 5.60. The van der Waals surface area contributed by atoms with Crippen LogP contribution in [0.3, 0.4) is 0 Å². The molecule has 94 valence electrons. The maximum atomic E-state index is 5.50. The first kappa shape index (κ1) is 14.3. The first-order valence-corrected chi connectivity index (χ1v) is 6.63. The van der Waals surface area contributed by atoms with Crippen molar-refractivity contribution >= 4 is 15.9 Å². The lowest BCUT2D eigenvalue weighted by Crippen LogP contribution is -2.18. The van der Waals surface area contributed by atoms with E-state index in [0.717, 1.165) is 23.3 Å². The smallest absolute Gasteiger partial charge is 0.119 e. The second kappa shape index (κ2) is 7.51. The molecule has 1 aromatic carbocycles. The molecule has 0 amide bonds. The van der Waals surface area contributed by atoms with Gasteiger partial charge in [-0.2, -0.15) is 0 Å². The molecule has 1 rings (SSSR count). The lowest BCUT2D eigenvalue weighted by atomic mass is 10.2. The van der Waals surface area contributed by atoms with E-state index in [1.54, 1.807) is 0 Å². The molecule has 17 heavy (non-hydrogen) atoms. The summed E-state index contributed by atoms with van der Waals surface area (Å²) < 4.78 is 6.35. The number of ether oxygens (including phenoxy) is 1. The molecule has 0 unspecified atom stereocenters. The summed E-state index contributed by atoms with van der Waals surface area (Å²) in [5.74, 6) is 1.56. The fraction of sp³-hybridized carbons (Fsp3) is 0.429. The van der Waals surface area contributed by atoms with Gasteiger partial charge in [0, 0.05) is 11.0 Å². The lowest BCUT2D eigenvalue weighted by Gasteiger charge is -2.09. The Kier molecular flexibility index (Phi) is 6.30. The molecule has 0 atom stereocenters. The van der Waals surface area contributed by atoms with Crippen molar-refractivity contribution in [2.45, 2.75) is 20.4 Å². The van der Waals surface area contributed by atoms with Crippen molar-refractivity contribution in [1.82, 2.24) is 5.32 Å². The van der Waals surface area contributed by atoms with Gasteiger partial charge in [0.1, 0.15) is 12.4 Å². The molecule has 0 saturated carbocycles. The van der Waals surface area contributed by atoms with Gasteiger partial charge in [-0.25, -0.2) is 0 Å². The molecule has 0 aliphatic rings. The molecule has 0 heterocycles. The van der Waals surface area contributed by atoms with Crippen molar-refractivity contribution in [3.8, 4) is 5.75 Å². The zero-order valence-electron chi connectivity index (χ0n) is 10.5. The van der Waals surface area contributed by atoms with E-state index in [2.05, 4.69) is 53.8 Å². The van der Waals surface area contributed by atoms with E-state index in [-0.39, 0.29) is 0 Å². The molecule has 1 aromatic rings. The normalized spacial score (nSPS) is 10.6. The van der Waals surface area contributed by atoms with E-state index >= 15 is 0 Å². The predicted molar refractivity (Wildman–Crippen MR) is 76.5 cm³/mol. The Hall–Kier alpha value is -0.800. The van der Waals surface area contributed by atoms with E-state index < -0.39 is 0 Å². The molecule has 0 fully saturated rings. The third kappa shape index (κ3) is 6.49. The van der Waals surface area contributed by atoms with Gasteiger partial charge < -0.3 is 10.1 Å². The first-order chi connectivity index (χ1) is 8.08. The largest absolute Gasteiger partial charge is 0.488 e. The number of benzene rings is 1. The van der Waals surface area contributed by atoms with Gasteiger partial charge in [0.15, 0.2) is 0 Å². The molecule has 0 radical (unpaired) electrons. The molecule has 0 saturated heterocycles. The zero-order valence-corrected chi connectivity index (χ0v) is 12.1. The van der Waals surface area contributed by atoms with E-state index in [1.807, 2.05) is 12.1 Å². The molecule has 0 spiro atoms. The maximum absolute atomic E-state index is 5.50. The van der Waals surface area contributed by atoms with Crippen LogP contribution in [0.4, 0.5) is 0 Å². The van der Waals surface area contributed by atoms with Crippen LogP contribution in [0, 0.1) is 5.92 Å². The third-order valence-electron chi connectivity index (χ3n) is 2.20. The number of rotatable bonds is 7. The van der Waals surface area contributed by atoms with Gasteiger partial charge in [0.2, 0.25) is 0 Å². The second-order valence-electron chi connectivity index (χ2n) is 4.47. The number of hydrogen-bond donors (Lipinski definition) is 1. The third-order valence-corrected chi connectivity index (χ3v) is 2.43. The number of nitrogens with one attached hydrogen (secondary N) is 1. The van der Waals surface area contributed by atoms with Crippen LogP contribution in [0.1, 0.15) is 19.4 Å². The van der Waals surface area contributed by atoms with Crippen molar-refractivity contribution in [3.05, 3.63) is 40.9 Å². The molecular weight excluding hydrogens is 278 g/mol. The minimum Gasteiger partial charge on any atom is -0.488 e. The van der Waals surface area contributed by atoms with Crippen LogP contribution >= 0.6 is 15.9 Å². The molecule has 2 nitrogen and oxygen atoms in total. The van der Waals surface area contributed by atoms with Crippen LogP contribution < -0.4 is 10.1 Å². The van der Waals surface area contributed by atoms with Gasteiger partial charge in [-0.1, -0.05) is 48.5 Å². The van der Waals surface area contributed by atoms with E-state index in [0.29, 0.717) is 12.5 Å². The first-order valence-electron chi connectivity index (χ1n) is 5.83. The van der Waals surface area contributed by atoms with Gasteiger partial charge in [-0.05, 0) is 30.2 Å². The van der Waals surface area contributed by atoms with Crippen LogP contribution in [0.15, 0.2) is 35.3 Å². The monoisotopic (exact) mass is 297 g/mol. The minimum atomic E-state index is 0.505. The van der Waals surface area contributed by atoms with Gasteiger partial charge >= 0.3 is 0 Å². The van der Waals surface area contributed by atoms with Crippen LogP contribution in [0.2, 0.25) is 0 Å². The van der Waals surface area contributed by atoms with Crippen molar-refractivity contribution in [3.63, 3.8) is 0 Å². The van der Waals surface area contributed by atoms with Crippen molar-refractivity contribution in [1.29, 1.82) is 0 Å². The molecule has 1 N–H and O–H groups in total. The van der Waals surface area contributed by atoms with E-state index in [9.17, 15) is 0 Å². The maximum Gasteiger partial charge on any atom is 0.119 e. The van der Waals surface area contributed by atoms with Gasteiger partial charge in [-0.3, -0.25) is 0 Å². The van der Waals surface area contributed by atoms with Gasteiger partial charge in [0.05, 0.1) is 0 Å². The number of halogens is 1. The van der Waals surface area contributed by atoms with Crippen molar-refractivity contribution < 1.29 is 4.74 Å². The lowest BCUT2D eigenvalue weighted by molar-refractivity contribution is 0.361. The molecule has 0 aliphatic heterocycles. The minimum absolute atomic E-state index is 0.505. The summed E-state index contributed by atoms with van der Waals surface area (Å²) in [6, 6.07) is 8.14. The average Bonchev–Trinajstić information content (AvgIpc) is 2.27. The van der Waals surface area contributed by atoms with E-state index in [4.69, 9.17) is 4.74 Å². The molecule has 3 heteroatoms. The Morgan fingerprint density at radius 3 is 2.53 bits per heavy atom. The highest BCUT2D eigenvalue weighted by molar-refractivity contribution is 9.11. The van der Waals surface area contributed by atoms with Gasteiger partial charge in [0.25, 0.3) is 0 Å². The van der Waals surface area contributed by atoms with Crippen LogP contribution in [-0.4, -0.2) is 13.2 Å². The highest BCUT2D eigenvalue weighted by Gasteiger charge is 1.97. The summed E-state index contributed by atoms with van der Waals surface area (Å²) in [5, 5.41) is 3.41. The fourth-order valence-corrected chi connectivity index (χ4v) is 1.48. The van der Waals surface area contributed by atoms with Crippen LogP contribution in [0.25, 0.3) is 0 Å². The molecule has 0 aromatic heterocycles. The van der Waals surface area contributed by atoms with Crippen molar-refractivity contribution in [2.24, 2.45) is 5.92 Å². The molecule has 0 bridgehead atoms. The summed E-state index contributed by atoms with van der Waals surface area (Å²) in [7, 11) is 0. The Bertz CT molecular complexity index is 346. The molecular formula is C14H20BrNO. The van der Waals surface area contributed by atoms with Crippen LogP contribution in [-0.2, 0) is 6.54 Å². The van der Waals surface area contributed by atoms with Crippen LogP contribution in [0.5, 0.6) is 5.75 Å². The Morgan fingerprint density at radius 2 is 2.00 bits per heavy atom. The van der Waals surface area contributed by atoms with E-state index in [1.165, 1.54) is 5.56 Å². The predicted octanol–water partition coefficient (Wildman–Crippen LogP) is 3.72. The summed E-state index contributed by atoms with van der Waals surface area (Å²) in [5.41, 5.74) is 1.27. The summed E-state index contributed by atoms with van der Waals surface area (Å²) in [6.45, 7) is 10.6. The summed E-state index contributed by atoms with van der Waals surface area (Å²) in [6.07, 6.45) is 0. The van der Waals surface area contributed by atoms with Crippen molar-refractivity contribution in [2.75, 3.05) is 13.2 Å². The number of hydrogen-bond acceptors (Lipinski definition) is 2. The quantitative estimate of drug-likeness (QED) is 0.828. The fourth-order valence-electron chi connectivity index (χ4n) is 1.37. The topological polar surface area (TPSA) is 21.3 Å². The highest BCUT2D eigenvalue weighted by Crippen LogP contribution is 2.14. The SMILES string of the molecule is C=C(Br)COc1ccc(CNCC(C)C)cc1.